The molecule has 1 heterocycles. The van der Waals surface area contributed by atoms with Crippen molar-refractivity contribution in [3.8, 4) is 0 Å². The quantitative estimate of drug-likeness (QED) is 0.317. The molecule has 0 saturated heterocycles. The topological polar surface area (TPSA) is 25.8 Å². The molecule has 0 aliphatic heterocycles. The van der Waals surface area contributed by atoms with Gasteiger partial charge >= 0.3 is 0 Å². The second kappa shape index (κ2) is 8.66. The number of benzene rings is 1. The highest BCUT2D eigenvalue weighted by Gasteiger charge is 2.39. The number of hydrogen-bond acceptors (Lipinski definition) is 2. The van der Waals surface area contributed by atoms with E-state index in [-0.39, 0.29) is 11.8 Å². The lowest BCUT2D eigenvalue weighted by atomic mass is 9.76. The first-order chi connectivity index (χ1) is 21.7. The van der Waals surface area contributed by atoms with Crippen LogP contribution in [0.1, 0.15) is 74.6 Å². The lowest BCUT2D eigenvalue weighted by Gasteiger charge is -2.29. The highest BCUT2D eigenvalue weighted by molar-refractivity contribution is 5.75. The van der Waals surface area contributed by atoms with Crippen LogP contribution in [0.3, 0.4) is 0 Å². The molecular weight excluding hydrogens is 532 g/mol. The Morgan fingerprint density at radius 3 is 1.41 bits per heavy atom. The van der Waals surface area contributed by atoms with Crippen LogP contribution in [-0.2, 0) is 0 Å². The van der Waals surface area contributed by atoms with Gasteiger partial charge in [0.25, 0.3) is 0 Å². The van der Waals surface area contributed by atoms with Gasteiger partial charge in [0.05, 0.1) is 22.4 Å². The van der Waals surface area contributed by atoms with E-state index in [1.165, 1.54) is 33.7 Å². The van der Waals surface area contributed by atoms with Crippen LogP contribution in [0.25, 0.3) is 11.0 Å². The summed E-state index contributed by atoms with van der Waals surface area (Å²) >= 11 is 0. The first kappa shape index (κ1) is 24.1. The van der Waals surface area contributed by atoms with E-state index in [1.54, 1.807) is 44.6 Å². The van der Waals surface area contributed by atoms with Crippen molar-refractivity contribution in [2.75, 3.05) is 0 Å². The van der Waals surface area contributed by atoms with E-state index in [9.17, 15) is 0 Å². The molecule has 212 valence electrons. The number of rotatable bonds is 0. The van der Waals surface area contributed by atoms with Gasteiger partial charge in [-0.1, -0.05) is 95.2 Å². The van der Waals surface area contributed by atoms with Crippen LogP contribution in [0.4, 0.5) is 0 Å². The molecule has 0 saturated carbocycles. The van der Waals surface area contributed by atoms with E-state index in [2.05, 4.69) is 85.0 Å². The minimum atomic E-state index is 0.287. The average molecular weight is 567 g/mol. The molecule has 0 radical (unpaired) electrons. The summed E-state index contributed by atoms with van der Waals surface area (Å²) in [7, 11) is 0. The monoisotopic (exact) mass is 566 g/mol. The Morgan fingerprint density at radius 2 is 0.886 bits per heavy atom. The van der Waals surface area contributed by atoms with Gasteiger partial charge in [-0.05, 0) is 108 Å². The summed E-state index contributed by atoms with van der Waals surface area (Å²) in [4.78, 5) is 10.9. The van der Waals surface area contributed by atoms with Gasteiger partial charge in [0.15, 0.2) is 0 Å². The molecule has 44 heavy (non-hydrogen) atoms. The summed E-state index contributed by atoms with van der Waals surface area (Å²) in [6.45, 7) is 0. The van der Waals surface area contributed by atoms with Crippen LogP contribution in [0.2, 0.25) is 0 Å². The number of fused-ring (bicyclic) bond motifs is 4. The third-order valence-corrected chi connectivity index (χ3v) is 12.1. The Kier molecular flexibility index (Phi) is 4.74. The van der Waals surface area contributed by atoms with Gasteiger partial charge in [-0.25, -0.2) is 9.97 Å². The fourth-order valence-electron chi connectivity index (χ4n) is 9.73. The van der Waals surface area contributed by atoms with Crippen LogP contribution >= 0.6 is 0 Å². The predicted molar refractivity (Wildman–Crippen MR) is 177 cm³/mol. The summed E-state index contributed by atoms with van der Waals surface area (Å²) in [5, 5.41) is 0. The highest BCUT2D eigenvalue weighted by atomic mass is 14.8. The number of para-hydroxylation sites is 2. The van der Waals surface area contributed by atoms with Gasteiger partial charge in [0, 0.05) is 23.7 Å². The molecule has 11 rings (SSSR count). The normalized spacial score (nSPS) is 30.4. The molecule has 4 atom stereocenters. The Bertz CT molecular complexity index is 1970. The largest absolute Gasteiger partial charge is 0.249 e. The molecule has 2 aromatic rings. The molecule has 0 N–H and O–H groups in total. The van der Waals surface area contributed by atoms with E-state index in [1.807, 2.05) is 0 Å². The molecular formula is C42H34N2. The van der Waals surface area contributed by atoms with E-state index in [0.29, 0.717) is 11.8 Å². The third-order valence-electron chi connectivity index (χ3n) is 12.1. The van der Waals surface area contributed by atoms with E-state index < -0.39 is 0 Å². The molecule has 2 nitrogen and oxygen atoms in total. The van der Waals surface area contributed by atoms with E-state index in [4.69, 9.17) is 9.97 Å². The van der Waals surface area contributed by atoms with Gasteiger partial charge in [-0.2, -0.15) is 0 Å². The number of aromatic nitrogens is 2. The van der Waals surface area contributed by atoms with E-state index >= 15 is 0 Å². The van der Waals surface area contributed by atoms with Gasteiger partial charge in [-0.15, -0.1) is 0 Å². The maximum atomic E-state index is 5.46. The third kappa shape index (κ3) is 3.43. The first-order valence-corrected chi connectivity index (χ1v) is 16.7. The fraction of sp³-hybridized carbons (Fsp3) is 0.286. The Morgan fingerprint density at radius 1 is 0.432 bits per heavy atom. The van der Waals surface area contributed by atoms with Gasteiger partial charge in [0.2, 0.25) is 0 Å². The molecule has 9 aliphatic carbocycles. The number of nitrogens with zero attached hydrogens (tertiary/aromatic N) is 2. The second-order valence-corrected chi connectivity index (χ2v) is 14.5. The van der Waals surface area contributed by atoms with E-state index in [0.717, 1.165) is 62.4 Å². The van der Waals surface area contributed by atoms with Gasteiger partial charge in [-0.3, -0.25) is 0 Å². The molecule has 0 spiro atoms. The summed E-state index contributed by atoms with van der Waals surface area (Å²) in [6.07, 6.45) is 33.9. The Balaban J connectivity index is 1.17. The van der Waals surface area contributed by atoms with Crippen LogP contribution in [0, 0.1) is 11.8 Å². The molecule has 1 aromatic heterocycles. The minimum absolute atomic E-state index is 0.287. The minimum Gasteiger partial charge on any atom is -0.249 e. The maximum Gasteiger partial charge on any atom is 0.0890 e. The zero-order valence-corrected chi connectivity index (χ0v) is 24.9. The highest BCUT2D eigenvalue weighted by Crippen LogP contribution is 2.54. The zero-order valence-electron chi connectivity index (χ0n) is 24.9. The van der Waals surface area contributed by atoms with Crippen molar-refractivity contribution in [3.05, 3.63) is 163 Å². The van der Waals surface area contributed by atoms with Crippen LogP contribution in [0.15, 0.2) is 152 Å². The average Bonchev–Trinajstić information content (AvgIpc) is 3.45. The van der Waals surface area contributed by atoms with Crippen LogP contribution in [0.5, 0.6) is 0 Å². The van der Waals surface area contributed by atoms with Gasteiger partial charge in [0.1, 0.15) is 0 Å². The first-order valence-electron chi connectivity index (χ1n) is 16.7. The molecule has 4 unspecified atom stereocenters. The predicted octanol–water partition coefficient (Wildman–Crippen LogP) is 9.83. The summed E-state index contributed by atoms with van der Waals surface area (Å²) in [6, 6.07) is 8.50. The van der Waals surface area contributed by atoms with Crippen molar-refractivity contribution in [2.24, 2.45) is 11.8 Å². The lowest BCUT2D eigenvalue weighted by Crippen LogP contribution is -2.14. The molecule has 8 bridgehead atoms. The Hall–Kier alpha value is -4.30. The maximum absolute atomic E-state index is 5.46. The summed E-state index contributed by atoms with van der Waals surface area (Å²) < 4.78 is 0. The van der Waals surface area contributed by atoms with Crippen molar-refractivity contribution < 1.29 is 0 Å². The zero-order chi connectivity index (χ0) is 28.5. The van der Waals surface area contributed by atoms with Crippen LogP contribution in [-0.4, -0.2) is 9.97 Å². The lowest BCUT2D eigenvalue weighted by molar-refractivity contribution is 0.702. The summed E-state index contributed by atoms with van der Waals surface area (Å²) in [5.41, 5.74) is 23.1. The Labute approximate surface area is 258 Å². The van der Waals surface area contributed by atoms with Crippen molar-refractivity contribution in [2.45, 2.75) is 63.2 Å². The van der Waals surface area contributed by atoms with Crippen molar-refractivity contribution in [1.29, 1.82) is 0 Å². The van der Waals surface area contributed by atoms with Crippen LogP contribution < -0.4 is 0 Å². The fourth-order valence-corrected chi connectivity index (χ4v) is 9.73. The standard InChI is InChI=1S/C42H34N2/c1-2-4-40-39(3-1)43-41-37-21-27-9-7-25-11-23-5-6-24-12-26-8-10-28-22-38(42(41)44-40)36-19-34(28)17-32(26)15-30(24)13-29(23)14-31(25)16-33(27)18-35(37)20-36/h1-10,14-15,18-19,25-26,37-38H,11-13,16-17,20-22H2. The summed E-state index contributed by atoms with van der Waals surface area (Å²) in [5.74, 6) is 1.55. The van der Waals surface area contributed by atoms with Crippen molar-refractivity contribution >= 4 is 11.0 Å². The number of hydrogen-bond donors (Lipinski definition) is 0. The molecule has 0 amide bonds. The molecule has 2 heteroatoms. The molecule has 9 aliphatic rings. The van der Waals surface area contributed by atoms with Crippen molar-refractivity contribution in [3.63, 3.8) is 0 Å². The van der Waals surface area contributed by atoms with Gasteiger partial charge < -0.3 is 0 Å². The second-order valence-electron chi connectivity index (χ2n) is 14.5. The SMILES string of the molecule is C1=CC2=C3C=C4CC5=C(C=CC4C2)CC2C(=C5)CC4=CC5=C(C=CC6CC1=C(C=C6C5)C3)CC4c1nc3ccccc3nc12. The molecule has 0 fully saturated rings. The number of allylic oxidation sites excluding steroid dienone is 22. The van der Waals surface area contributed by atoms with Crippen molar-refractivity contribution in [1.82, 2.24) is 9.97 Å². The smallest absolute Gasteiger partial charge is 0.0890 e. The molecule has 1 aromatic carbocycles.